The van der Waals surface area contributed by atoms with E-state index in [2.05, 4.69) is 4.90 Å². The van der Waals surface area contributed by atoms with Crippen molar-refractivity contribution in [1.29, 1.82) is 0 Å². The number of ether oxygens (including phenoxy) is 1. The third kappa shape index (κ3) is 3.20. The number of hydrogen-bond donors (Lipinski definition) is 0. The summed E-state index contributed by atoms with van der Waals surface area (Å²) in [4.78, 5) is 13.6. The molecule has 1 atom stereocenters. The van der Waals surface area contributed by atoms with Gasteiger partial charge in [0.15, 0.2) is 0 Å². The van der Waals surface area contributed by atoms with Gasteiger partial charge in [-0.3, -0.25) is 4.90 Å². The first-order chi connectivity index (χ1) is 10.8. The van der Waals surface area contributed by atoms with Crippen molar-refractivity contribution in [3.63, 3.8) is 0 Å². The summed E-state index contributed by atoms with van der Waals surface area (Å²) in [5.41, 5.74) is 3.34. The van der Waals surface area contributed by atoms with E-state index in [0.29, 0.717) is 6.61 Å². The van der Waals surface area contributed by atoms with Crippen LogP contribution in [0.5, 0.6) is 5.75 Å². The van der Waals surface area contributed by atoms with Crippen LogP contribution in [-0.4, -0.2) is 24.3 Å². The van der Waals surface area contributed by atoms with Crippen LogP contribution in [0, 0.1) is 6.92 Å². The van der Waals surface area contributed by atoms with Crippen LogP contribution in [0.2, 0.25) is 0 Å². The van der Waals surface area contributed by atoms with E-state index in [1.165, 1.54) is 6.42 Å². The lowest BCUT2D eigenvalue weighted by Crippen LogP contribution is -2.41. The minimum absolute atomic E-state index is 0.114. The molecule has 3 nitrogen and oxygen atoms in total. The zero-order chi connectivity index (χ0) is 15.4. The number of nitrogens with zero attached hydrogens (tertiary/aromatic N) is 1. The van der Waals surface area contributed by atoms with E-state index in [-0.39, 0.29) is 6.04 Å². The van der Waals surface area contributed by atoms with Crippen LogP contribution in [0.3, 0.4) is 0 Å². The van der Waals surface area contributed by atoms with Crippen LogP contribution in [0.25, 0.3) is 0 Å². The maximum absolute atomic E-state index is 11.4. The number of aryl methyl sites for hydroxylation is 1. The standard InChI is InChI=1S/C19H21NO2/c1-15-12-17(22-14-16-6-3-2-4-7-16)8-9-18(15)19(13-21)20-10-5-11-20/h2-4,6-9,12-13,19H,5,10-11,14H2,1H3. The minimum Gasteiger partial charge on any atom is -0.489 e. The van der Waals surface area contributed by atoms with E-state index in [1.54, 1.807) is 0 Å². The summed E-state index contributed by atoms with van der Waals surface area (Å²) in [6.45, 7) is 4.62. The number of rotatable bonds is 6. The predicted molar refractivity (Wildman–Crippen MR) is 86.9 cm³/mol. The second-order valence-corrected chi connectivity index (χ2v) is 5.76. The van der Waals surface area contributed by atoms with E-state index in [9.17, 15) is 4.79 Å². The summed E-state index contributed by atoms with van der Waals surface area (Å²) in [6.07, 6.45) is 2.23. The van der Waals surface area contributed by atoms with Gasteiger partial charge in [-0.15, -0.1) is 0 Å². The summed E-state index contributed by atoms with van der Waals surface area (Å²) in [5, 5.41) is 0. The summed E-state index contributed by atoms with van der Waals surface area (Å²) in [6, 6.07) is 16.0. The topological polar surface area (TPSA) is 29.5 Å². The zero-order valence-electron chi connectivity index (χ0n) is 12.9. The van der Waals surface area contributed by atoms with Gasteiger partial charge in [-0.1, -0.05) is 36.4 Å². The number of hydrogen-bond acceptors (Lipinski definition) is 3. The fourth-order valence-electron chi connectivity index (χ4n) is 2.79. The van der Waals surface area contributed by atoms with Gasteiger partial charge in [0.2, 0.25) is 0 Å². The van der Waals surface area contributed by atoms with Gasteiger partial charge in [-0.2, -0.15) is 0 Å². The molecule has 1 aliphatic heterocycles. The Hall–Kier alpha value is -2.13. The Morgan fingerprint density at radius 3 is 2.55 bits per heavy atom. The molecule has 0 aliphatic carbocycles. The van der Waals surface area contributed by atoms with Crippen molar-refractivity contribution in [3.8, 4) is 5.75 Å². The van der Waals surface area contributed by atoms with E-state index in [4.69, 9.17) is 4.74 Å². The molecule has 1 heterocycles. The van der Waals surface area contributed by atoms with Crippen molar-refractivity contribution in [2.24, 2.45) is 0 Å². The summed E-state index contributed by atoms with van der Waals surface area (Å²) in [7, 11) is 0. The molecule has 0 saturated carbocycles. The zero-order valence-corrected chi connectivity index (χ0v) is 12.9. The molecule has 0 bridgehead atoms. The quantitative estimate of drug-likeness (QED) is 0.764. The first-order valence-corrected chi connectivity index (χ1v) is 7.74. The number of benzene rings is 2. The lowest BCUT2D eigenvalue weighted by atomic mass is 9.98. The molecular formula is C19H21NO2. The molecule has 0 radical (unpaired) electrons. The average Bonchev–Trinajstić information content (AvgIpc) is 2.50. The maximum atomic E-state index is 11.4. The van der Waals surface area contributed by atoms with Crippen molar-refractivity contribution in [2.75, 3.05) is 13.1 Å². The van der Waals surface area contributed by atoms with Crippen molar-refractivity contribution in [3.05, 3.63) is 65.2 Å². The second kappa shape index (κ2) is 6.75. The van der Waals surface area contributed by atoms with Crippen LogP contribution >= 0.6 is 0 Å². The first kappa shape index (κ1) is 14.8. The number of carbonyl (C=O) groups excluding carboxylic acids is 1. The molecule has 3 rings (SSSR count). The van der Waals surface area contributed by atoms with Crippen molar-refractivity contribution in [1.82, 2.24) is 4.90 Å². The van der Waals surface area contributed by atoms with Gasteiger partial charge in [0.25, 0.3) is 0 Å². The molecule has 0 amide bonds. The van der Waals surface area contributed by atoms with Crippen LogP contribution in [-0.2, 0) is 11.4 Å². The molecule has 1 fully saturated rings. The molecule has 3 heteroatoms. The summed E-state index contributed by atoms with van der Waals surface area (Å²) < 4.78 is 5.84. The highest BCUT2D eigenvalue weighted by Crippen LogP contribution is 2.28. The monoisotopic (exact) mass is 295 g/mol. The Kier molecular flexibility index (Phi) is 4.54. The minimum atomic E-state index is -0.114. The number of likely N-dealkylation sites (tertiary alicyclic amines) is 1. The average molecular weight is 295 g/mol. The molecular weight excluding hydrogens is 274 g/mol. The second-order valence-electron chi connectivity index (χ2n) is 5.76. The highest BCUT2D eigenvalue weighted by molar-refractivity contribution is 5.63. The van der Waals surface area contributed by atoms with Crippen molar-refractivity contribution in [2.45, 2.75) is 26.0 Å². The first-order valence-electron chi connectivity index (χ1n) is 7.74. The lowest BCUT2D eigenvalue weighted by Gasteiger charge is -2.36. The largest absolute Gasteiger partial charge is 0.489 e. The molecule has 1 unspecified atom stereocenters. The number of aldehydes is 1. The molecule has 22 heavy (non-hydrogen) atoms. The van der Waals surface area contributed by atoms with Gasteiger partial charge >= 0.3 is 0 Å². The number of carbonyl (C=O) groups is 1. The Morgan fingerprint density at radius 1 is 1.18 bits per heavy atom. The molecule has 0 spiro atoms. The van der Waals surface area contributed by atoms with E-state index in [1.807, 2.05) is 55.5 Å². The highest BCUT2D eigenvalue weighted by Gasteiger charge is 2.25. The Labute approximate surface area is 131 Å². The van der Waals surface area contributed by atoms with Crippen LogP contribution in [0.1, 0.15) is 29.2 Å². The Bertz CT molecular complexity index is 635. The van der Waals surface area contributed by atoms with Crippen LogP contribution < -0.4 is 4.74 Å². The SMILES string of the molecule is Cc1cc(OCc2ccccc2)ccc1C(C=O)N1CCC1. The molecule has 0 N–H and O–H groups in total. The Balaban J connectivity index is 1.70. The molecule has 1 aliphatic rings. The molecule has 1 saturated heterocycles. The Morgan fingerprint density at radius 2 is 1.95 bits per heavy atom. The van der Waals surface area contributed by atoms with Gasteiger partial charge in [-0.25, -0.2) is 0 Å². The molecule has 2 aromatic carbocycles. The van der Waals surface area contributed by atoms with E-state index < -0.39 is 0 Å². The van der Waals surface area contributed by atoms with Gasteiger partial charge in [0.1, 0.15) is 18.6 Å². The van der Waals surface area contributed by atoms with Crippen molar-refractivity contribution >= 4 is 6.29 Å². The van der Waals surface area contributed by atoms with Crippen LogP contribution in [0.4, 0.5) is 0 Å². The fraction of sp³-hybridized carbons (Fsp3) is 0.316. The van der Waals surface area contributed by atoms with E-state index >= 15 is 0 Å². The van der Waals surface area contributed by atoms with Crippen molar-refractivity contribution < 1.29 is 9.53 Å². The third-order valence-electron chi connectivity index (χ3n) is 4.22. The smallest absolute Gasteiger partial charge is 0.141 e. The highest BCUT2D eigenvalue weighted by atomic mass is 16.5. The van der Waals surface area contributed by atoms with Gasteiger partial charge in [0.05, 0.1) is 6.04 Å². The van der Waals surface area contributed by atoms with Gasteiger partial charge < -0.3 is 9.53 Å². The third-order valence-corrected chi connectivity index (χ3v) is 4.22. The van der Waals surface area contributed by atoms with Gasteiger partial charge in [0, 0.05) is 13.1 Å². The molecule has 114 valence electrons. The summed E-state index contributed by atoms with van der Waals surface area (Å²) >= 11 is 0. The molecule has 0 aromatic heterocycles. The maximum Gasteiger partial charge on any atom is 0.141 e. The van der Waals surface area contributed by atoms with Gasteiger partial charge in [-0.05, 0) is 42.2 Å². The van der Waals surface area contributed by atoms with Crippen LogP contribution in [0.15, 0.2) is 48.5 Å². The normalized spacial score (nSPS) is 15.9. The lowest BCUT2D eigenvalue weighted by molar-refractivity contribution is -0.114. The van der Waals surface area contributed by atoms with E-state index in [0.717, 1.165) is 41.8 Å². The fourth-order valence-corrected chi connectivity index (χ4v) is 2.79. The molecule has 2 aromatic rings. The predicted octanol–water partition coefficient (Wildman–Crippen LogP) is 3.52. The summed E-state index contributed by atoms with van der Waals surface area (Å²) in [5.74, 6) is 0.846.